The maximum Gasteiger partial charge on any atom is 0.310 e. The second kappa shape index (κ2) is 9.89. The standard InChI is InChI=1S/C26H21ClN2O5/c1-2-34-21(30)14-16-6-8-20(9-7-16)29-23(17-10-12-28-13-11-17)22(25(32)26(29)33)24(31)18-4-3-5-19(27)15-18/h3-13,15,23,31H,2,14H2,1H3/b24-22-. The first kappa shape index (κ1) is 23.2. The van der Waals surface area contributed by atoms with Crippen LogP contribution in [0, 0.1) is 0 Å². The third-order valence-electron chi connectivity index (χ3n) is 5.43. The van der Waals surface area contributed by atoms with Crippen molar-refractivity contribution in [3.8, 4) is 0 Å². The molecule has 0 saturated carbocycles. The summed E-state index contributed by atoms with van der Waals surface area (Å²) in [4.78, 5) is 43.4. The summed E-state index contributed by atoms with van der Waals surface area (Å²) >= 11 is 6.07. The summed E-state index contributed by atoms with van der Waals surface area (Å²) in [5.74, 6) is -2.25. The van der Waals surface area contributed by atoms with Crippen molar-refractivity contribution in [1.29, 1.82) is 0 Å². The summed E-state index contributed by atoms with van der Waals surface area (Å²) in [5.41, 5.74) is 2.04. The molecule has 1 fully saturated rings. The molecule has 1 atom stereocenters. The maximum atomic E-state index is 13.2. The number of esters is 1. The van der Waals surface area contributed by atoms with Crippen molar-refractivity contribution in [2.45, 2.75) is 19.4 Å². The molecule has 1 amide bonds. The minimum absolute atomic E-state index is 0.0472. The summed E-state index contributed by atoms with van der Waals surface area (Å²) in [6.45, 7) is 2.03. The minimum Gasteiger partial charge on any atom is -0.507 e. The van der Waals surface area contributed by atoms with Gasteiger partial charge < -0.3 is 9.84 Å². The number of rotatable bonds is 6. The fourth-order valence-electron chi connectivity index (χ4n) is 3.90. The summed E-state index contributed by atoms with van der Waals surface area (Å²) < 4.78 is 4.98. The lowest BCUT2D eigenvalue weighted by atomic mass is 9.95. The second-order valence-corrected chi connectivity index (χ2v) is 8.04. The van der Waals surface area contributed by atoms with Gasteiger partial charge in [-0.2, -0.15) is 0 Å². The van der Waals surface area contributed by atoms with E-state index in [0.717, 1.165) is 0 Å². The molecular formula is C26H21ClN2O5. The van der Waals surface area contributed by atoms with Gasteiger partial charge in [-0.05, 0) is 54.4 Å². The van der Waals surface area contributed by atoms with E-state index in [4.69, 9.17) is 16.3 Å². The molecule has 4 rings (SSSR count). The van der Waals surface area contributed by atoms with Crippen LogP contribution in [0.4, 0.5) is 5.69 Å². The molecule has 0 bridgehead atoms. The lowest BCUT2D eigenvalue weighted by Gasteiger charge is -2.25. The number of Topliss-reactive ketones (excluding diaryl/α,β-unsaturated/α-hetero) is 1. The van der Waals surface area contributed by atoms with E-state index in [1.807, 2.05) is 0 Å². The Bertz CT molecular complexity index is 1270. The molecule has 1 N–H and O–H groups in total. The Hall–Kier alpha value is -3.97. The average Bonchev–Trinajstić information content (AvgIpc) is 3.10. The van der Waals surface area contributed by atoms with Crippen LogP contribution in [0.1, 0.15) is 29.7 Å². The van der Waals surface area contributed by atoms with E-state index in [0.29, 0.717) is 34.0 Å². The molecular weight excluding hydrogens is 456 g/mol. The molecule has 172 valence electrons. The molecule has 1 aromatic heterocycles. The average molecular weight is 477 g/mol. The predicted molar refractivity (Wildman–Crippen MR) is 127 cm³/mol. The number of hydrogen-bond donors (Lipinski definition) is 1. The van der Waals surface area contributed by atoms with Gasteiger partial charge in [0.05, 0.1) is 24.6 Å². The number of ether oxygens (including phenoxy) is 1. The smallest absolute Gasteiger partial charge is 0.310 e. The van der Waals surface area contributed by atoms with Crippen LogP contribution in [0.5, 0.6) is 0 Å². The Kier molecular flexibility index (Phi) is 6.75. The lowest BCUT2D eigenvalue weighted by Crippen LogP contribution is -2.29. The van der Waals surface area contributed by atoms with Crippen LogP contribution >= 0.6 is 11.6 Å². The summed E-state index contributed by atoms with van der Waals surface area (Å²) in [6.07, 6.45) is 3.20. The van der Waals surface area contributed by atoms with E-state index < -0.39 is 17.7 Å². The van der Waals surface area contributed by atoms with E-state index in [1.54, 1.807) is 73.9 Å². The van der Waals surface area contributed by atoms with Gasteiger partial charge in [-0.25, -0.2) is 0 Å². The molecule has 0 aliphatic carbocycles. The SMILES string of the molecule is CCOC(=O)Cc1ccc(N2C(=O)C(=O)/C(=C(\O)c3cccc(Cl)c3)C2c2ccncc2)cc1. The number of halogens is 1. The Morgan fingerprint density at radius 1 is 1.09 bits per heavy atom. The molecule has 1 saturated heterocycles. The number of pyridine rings is 1. The van der Waals surface area contributed by atoms with Gasteiger partial charge in [-0.1, -0.05) is 35.9 Å². The zero-order valence-electron chi connectivity index (χ0n) is 18.3. The number of carbonyl (C=O) groups excluding carboxylic acids is 3. The van der Waals surface area contributed by atoms with Crippen molar-refractivity contribution >= 4 is 40.7 Å². The fourth-order valence-corrected chi connectivity index (χ4v) is 4.09. The van der Waals surface area contributed by atoms with Gasteiger partial charge in [0.1, 0.15) is 5.76 Å². The number of benzene rings is 2. The van der Waals surface area contributed by atoms with Crippen molar-refractivity contribution in [3.63, 3.8) is 0 Å². The second-order valence-electron chi connectivity index (χ2n) is 7.61. The Morgan fingerprint density at radius 2 is 1.79 bits per heavy atom. The first-order valence-corrected chi connectivity index (χ1v) is 11.0. The highest BCUT2D eigenvalue weighted by Gasteiger charge is 2.46. The van der Waals surface area contributed by atoms with Crippen molar-refractivity contribution in [2.24, 2.45) is 0 Å². The largest absolute Gasteiger partial charge is 0.507 e. The highest BCUT2D eigenvalue weighted by Crippen LogP contribution is 2.42. The Morgan fingerprint density at radius 3 is 2.44 bits per heavy atom. The molecule has 7 nitrogen and oxygen atoms in total. The lowest BCUT2D eigenvalue weighted by molar-refractivity contribution is -0.142. The molecule has 1 aliphatic heterocycles. The van der Waals surface area contributed by atoms with Gasteiger partial charge in [-0.15, -0.1) is 0 Å². The van der Waals surface area contributed by atoms with Gasteiger partial charge in [-0.3, -0.25) is 24.3 Å². The van der Waals surface area contributed by atoms with Crippen molar-refractivity contribution in [1.82, 2.24) is 4.98 Å². The number of carbonyl (C=O) groups is 3. The zero-order chi connectivity index (χ0) is 24.2. The molecule has 8 heteroatoms. The van der Waals surface area contributed by atoms with Crippen LogP contribution in [-0.2, 0) is 25.5 Å². The highest BCUT2D eigenvalue weighted by atomic mass is 35.5. The van der Waals surface area contributed by atoms with E-state index >= 15 is 0 Å². The van der Waals surface area contributed by atoms with Crippen LogP contribution < -0.4 is 4.90 Å². The van der Waals surface area contributed by atoms with Gasteiger partial charge in [0, 0.05) is 28.7 Å². The van der Waals surface area contributed by atoms with E-state index in [2.05, 4.69) is 4.98 Å². The Labute approximate surface area is 201 Å². The summed E-state index contributed by atoms with van der Waals surface area (Å²) in [7, 11) is 0. The number of amides is 1. The zero-order valence-corrected chi connectivity index (χ0v) is 19.0. The Balaban J connectivity index is 1.79. The van der Waals surface area contributed by atoms with E-state index in [1.165, 1.54) is 11.0 Å². The molecule has 1 unspecified atom stereocenters. The minimum atomic E-state index is -0.877. The van der Waals surface area contributed by atoms with Crippen LogP contribution in [0.15, 0.2) is 78.6 Å². The third-order valence-corrected chi connectivity index (χ3v) is 5.67. The van der Waals surface area contributed by atoms with Crippen molar-refractivity contribution in [2.75, 3.05) is 11.5 Å². The maximum absolute atomic E-state index is 13.2. The van der Waals surface area contributed by atoms with Crippen molar-refractivity contribution in [3.05, 3.63) is 100 Å². The first-order chi connectivity index (χ1) is 16.4. The van der Waals surface area contributed by atoms with Gasteiger partial charge >= 0.3 is 5.97 Å². The van der Waals surface area contributed by atoms with E-state index in [-0.39, 0.29) is 23.7 Å². The predicted octanol–water partition coefficient (Wildman–Crippen LogP) is 4.47. The number of ketones is 1. The molecule has 2 heterocycles. The first-order valence-electron chi connectivity index (χ1n) is 10.6. The van der Waals surface area contributed by atoms with Crippen LogP contribution in [0.3, 0.4) is 0 Å². The third kappa shape index (κ3) is 4.56. The number of hydrogen-bond acceptors (Lipinski definition) is 6. The quantitative estimate of drug-likeness (QED) is 0.244. The molecule has 2 aromatic carbocycles. The number of nitrogens with zero attached hydrogens (tertiary/aromatic N) is 2. The molecule has 1 aliphatic rings. The van der Waals surface area contributed by atoms with Gasteiger partial charge in [0.25, 0.3) is 11.7 Å². The summed E-state index contributed by atoms with van der Waals surface area (Å²) in [5, 5.41) is 11.5. The highest BCUT2D eigenvalue weighted by molar-refractivity contribution is 6.51. The number of aliphatic hydroxyl groups is 1. The number of aliphatic hydroxyl groups excluding tert-OH is 1. The van der Waals surface area contributed by atoms with Crippen molar-refractivity contribution < 1.29 is 24.2 Å². The van der Waals surface area contributed by atoms with Gasteiger partial charge in [0.2, 0.25) is 0 Å². The van der Waals surface area contributed by atoms with Gasteiger partial charge in [0.15, 0.2) is 0 Å². The molecule has 34 heavy (non-hydrogen) atoms. The summed E-state index contributed by atoms with van der Waals surface area (Å²) in [6, 6.07) is 15.7. The number of anilines is 1. The topological polar surface area (TPSA) is 96.8 Å². The molecule has 0 radical (unpaired) electrons. The molecule has 0 spiro atoms. The normalized spacial score (nSPS) is 17.1. The number of aromatic nitrogens is 1. The fraction of sp³-hybridized carbons (Fsp3) is 0.154. The van der Waals surface area contributed by atoms with Crippen LogP contribution in [0.25, 0.3) is 5.76 Å². The van der Waals surface area contributed by atoms with E-state index in [9.17, 15) is 19.5 Å². The van der Waals surface area contributed by atoms with Crippen LogP contribution in [0.2, 0.25) is 5.02 Å². The van der Waals surface area contributed by atoms with Crippen LogP contribution in [-0.4, -0.2) is 34.4 Å². The monoisotopic (exact) mass is 476 g/mol. The molecule has 3 aromatic rings.